The fraction of sp³-hybridized carbons (Fsp3) is 0.837. The number of phosphoric acid groups is 1. The summed E-state index contributed by atoms with van der Waals surface area (Å²) in [7, 11) is 1.66. The highest BCUT2D eigenvalue weighted by atomic mass is 31.2. The molecule has 2 atom stereocenters. The van der Waals surface area contributed by atoms with Gasteiger partial charge in [0, 0.05) is 13.0 Å². The van der Waals surface area contributed by atoms with E-state index in [2.05, 4.69) is 50.3 Å². The molecule has 8 nitrogen and oxygen atoms in total. The maximum absolute atomic E-state index is 12.4. The van der Waals surface area contributed by atoms with E-state index in [0.717, 1.165) is 51.4 Å². The van der Waals surface area contributed by atoms with Gasteiger partial charge in [0.05, 0.1) is 34.4 Å². The summed E-state index contributed by atoms with van der Waals surface area (Å²) in [6.45, 7) is 5.48. The van der Waals surface area contributed by atoms with Crippen molar-refractivity contribution in [2.45, 2.75) is 180 Å². The molecule has 1 N–H and O–H groups in total. The summed E-state index contributed by atoms with van der Waals surface area (Å²) in [6.07, 6.45) is 42.4. The Morgan fingerprint density at radius 3 is 1.58 bits per heavy atom. The number of carbonyl (C=O) groups is 1. The Labute approximate surface area is 321 Å². The van der Waals surface area contributed by atoms with Gasteiger partial charge < -0.3 is 18.9 Å². The molecular formula is C43H83NO7P+. The quantitative estimate of drug-likeness (QED) is 0.0219. The van der Waals surface area contributed by atoms with Gasteiger partial charge in [-0.25, -0.2) is 4.57 Å². The van der Waals surface area contributed by atoms with Crippen molar-refractivity contribution in [2.24, 2.45) is 0 Å². The molecule has 0 heterocycles. The Hall–Kier alpha value is -1.28. The van der Waals surface area contributed by atoms with Crippen molar-refractivity contribution in [2.75, 3.05) is 54.1 Å². The van der Waals surface area contributed by atoms with Crippen molar-refractivity contribution in [3.8, 4) is 0 Å². The van der Waals surface area contributed by atoms with Gasteiger partial charge in [0.15, 0.2) is 0 Å². The minimum absolute atomic E-state index is 0.0878. The molecule has 0 spiro atoms. The lowest BCUT2D eigenvalue weighted by atomic mass is 10.1. The molecule has 0 bridgehead atoms. The molecule has 0 aliphatic heterocycles. The minimum atomic E-state index is -4.25. The molecule has 0 aromatic rings. The molecule has 0 aromatic carbocycles. The summed E-state index contributed by atoms with van der Waals surface area (Å²) >= 11 is 0. The number of hydrogen-bond acceptors (Lipinski definition) is 6. The van der Waals surface area contributed by atoms with Gasteiger partial charge in [0.25, 0.3) is 0 Å². The van der Waals surface area contributed by atoms with Crippen molar-refractivity contribution < 1.29 is 37.3 Å². The number of phosphoric ester groups is 1. The summed E-state index contributed by atoms with van der Waals surface area (Å²) in [5.74, 6) is -0.333. The topological polar surface area (TPSA) is 91.3 Å². The monoisotopic (exact) mass is 757 g/mol. The fourth-order valence-corrected chi connectivity index (χ4v) is 6.36. The Morgan fingerprint density at radius 2 is 1.06 bits per heavy atom. The smallest absolute Gasteiger partial charge is 0.457 e. The molecule has 0 saturated carbocycles. The van der Waals surface area contributed by atoms with Crippen LogP contribution in [-0.4, -0.2) is 75.6 Å². The average molecular weight is 757 g/mol. The SMILES string of the molecule is CCCCCCC/C=C\C/C=C\C/C=C\CCCCCCCCCCCCCOCC(COP(=O)(O)OCC[N+](C)(C)C)OC(=O)CCCCCC. The predicted molar refractivity (Wildman–Crippen MR) is 220 cm³/mol. The third kappa shape index (κ3) is 39.9. The van der Waals surface area contributed by atoms with Crippen LogP contribution < -0.4 is 0 Å². The van der Waals surface area contributed by atoms with E-state index in [-0.39, 0.29) is 25.8 Å². The average Bonchev–Trinajstić information content (AvgIpc) is 3.09. The molecule has 0 aromatic heterocycles. The van der Waals surface area contributed by atoms with Gasteiger partial charge in [-0.2, -0.15) is 0 Å². The molecule has 9 heteroatoms. The molecule has 2 unspecified atom stereocenters. The van der Waals surface area contributed by atoms with Crippen molar-refractivity contribution in [3.63, 3.8) is 0 Å². The normalized spacial score (nSPS) is 14.2. The number of rotatable bonds is 39. The van der Waals surface area contributed by atoms with Crippen LogP contribution in [0.25, 0.3) is 0 Å². The molecule has 0 saturated heterocycles. The first-order valence-electron chi connectivity index (χ1n) is 21.2. The van der Waals surface area contributed by atoms with Crippen LogP contribution in [0, 0.1) is 0 Å². The number of ether oxygens (including phenoxy) is 2. The lowest BCUT2D eigenvalue weighted by molar-refractivity contribution is -0.870. The highest BCUT2D eigenvalue weighted by molar-refractivity contribution is 7.47. The number of quaternary nitrogens is 1. The number of nitrogens with zero attached hydrogens (tertiary/aromatic N) is 1. The first kappa shape index (κ1) is 50.7. The Kier molecular flexibility index (Phi) is 35.8. The molecule has 306 valence electrons. The van der Waals surface area contributed by atoms with Crippen LogP contribution >= 0.6 is 7.82 Å². The van der Waals surface area contributed by atoms with Crippen LogP contribution in [0.2, 0.25) is 0 Å². The van der Waals surface area contributed by atoms with Crippen molar-refractivity contribution >= 4 is 13.8 Å². The van der Waals surface area contributed by atoms with Crippen molar-refractivity contribution in [1.29, 1.82) is 0 Å². The van der Waals surface area contributed by atoms with Gasteiger partial charge in [-0.05, 0) is 51.4 Å². The maximum Gasteiger partial charge on any atom is 0.472 e. The highest BCUT2D eigenvalue weighted by Gasteiger charge is 2.26. The Bertz CT molecular complexity index is 931. The minimum Gasteiger partial charge on any atom is -0.457 e. The third-order valence-corrected chi connectivity index (χ3v) is 9.94. The van der Waals surface area contributed by atoms with Crippen LogP contribution in [0.4, 0.5) is 0 Å². The third-order valence-electron chi connectivity index (χ3n) is 8.95. The standard InChI is InChI=1S/C43H82NO7P/c1-6-8-10-12-13-14-15-16-17-18-19-20-21-22-23-24-25-26-27-28-29-30-31-32-33-35-38-48-40-42(51-43(45)36-34-11-9-7-2)41-50-52(46,47)49-39-37-44(3,4)5/h15-16,18-19,21-22,42H,6-14,17,20,23-41H2,1-5H3/p+1/b16-15-,19-18-,22-21-. The van der Waals surface area contributed by atoms with E-state index in [0.29, 0.717) is 24.1 Å². The summed E-state index contributed by atoms with van der Waals surface area (Å²) in [4.78, 5) is 22.5. The lowest BCUT2D eigenvalue weighted by Gasteiger charge is -2.24. The first-order chi connectivity index (χ1) is 25.1. The summed E-state index contributed by atoms with van der Waals surface area (Å²) in [6, 6.07) is 0. The van der Waals surface area contributed by atoms with Crippen molar-refractivity contribution in [3.05, 3.63) is 36.5 Å². The second kappa shape index (κ2) is 36.7. The number of allylic oxidation sites excluding steroid dienone is 6. The zero-order chi connectivity index (χ0) is 38.4. The van der Waals surface area contributed by atoms with E-state index in [4.69, 9.17) is 18.5 Å². The molecule has 0 amide bonds. The molecular weight excluding hydrogens is 673 g/mol. The van der Waals surface area contributed by atoms with Gasteiger partial charge in [-0.1, -0.05) is 153 Å². The summed E-state index contributed by atoms with van der Waals surface area (Å²) in [5, 5.41) is 0. The Morgan fingerprint density at radius 1 is 0.596 bits per heavy atom. The van der Waals surface area contributed by atoms with Gasteiger partial charge in [0.2, 0.25) is 0 Å². The van der Waals surface area contributed by atoms with Crippen LogP contribution in [0.3, 0.4) is 0 Å². The van der Waals surface area contributed by atoms with Crippen molar-refractivity contribution in [1.82, 2.24) is 0 Å². The number of esters is 1. The van der Waals surface area contributed by atoms with E-state index in [1.165, 1.54) is 103 Å². The van der Waals surface area contributed by atoms with Crippen LogP contribution in [-0.2, 0) is 27.9 Å². The summed E-state index contributed by atoms with van der Waals surface area (Å²) in [5.41, 5.74) is 0. The number of carbonyl (C=O) groups excluding carboxylic acids is 1. The van der Waals surface area contributed by atoms with Gasteiger partial charge in [-0.3, -0.25) is 13.8 Å². The second-order valence-corrected chi connectivity index (χ2v) is 16.8. The van der Waals surface area contributed by atoms with Crippen LogP contribution in [0.5, 0.6) is 0 Å². The zero-order valence-corrected chi connectivity index (χ0v) is 35.4. The second-order valence-electron chi connectivity index (χ2n) is 15.4. The molecule has 0 rings (SSSR count). The molecule has 0 fully saturated rings. The Balaban J connectivity index is 3.88. The predicted octanol–water partition coefficient (Wildman–Crippen LogP) is 12.2. The first-order valence-corrected chi connectivity index (χ1v) is 22.7. The molecule has 52 heavy (non-hydrogen) atoms. The van der Waals surface area contributed by atoms with Crippen LogP contribution in [0.1, 0.15) is 174 Å². The maximum atomic E-state index is 12.4. The largest absolute Gasteiger partial charge is 0.472 e. The number of hydrogen-bond donors (Lipinski definition) is 1. The van der Waals surface area contributed by atoms with E-state index >= 15 is 0 Å². The van der Waals surface area contributed by atoms with Gasteiger partial charge in [-0.15, -0.1) is 0 Å². The highest BCUT2D eigenvalue weighted by Crippen LogP contribution is 2.43. The van der Waals surface area contributed by atoms with Gasteiger partial charge >= 0.3 is 13.8 Å². The van der Waals surface area contributed by atoms with E-state index in [1.807, 2.05) is 21.1 Å². The van der Waals surface area contributed by atoms with Crippen LogP contribution in [0.15, 0.2) is 36.5 Å². The number of unbranched alkanes of at least 4 members (excludes halogenated alkanes) is 19. The summed E-state index contributed by atoms with van der Waals surface area (Å²) < 4.78 is 34.6. The van der Waals surface area contributed by atoms with Gasteiger partial charge in [0.1, 0.15) is 19.3 Å². The molecule has 0 aliphatic rings. The zero-order valence-electron chi connectivity index (χ0n) is 34.5. The van der Waals surface area contributed by atoms with E-state index in [1.54, 1.807) is 0 Å². The van der Waals surface area contributed by atoms with E-state index < -0.39 is 13.9 Å². The lowest BCUT2D eigenvalue weighted by Crippen LogP contribution is -2.37. The van der Waals surface area contributed by atoms with E-state index in [9.17, 15) is 14.3 Å². The number of likely N-dealkylation sites (N-methyl/N-ethyl adjacent to an activating group) is 1. The fourth-order valence-electron chi connectivity index (χ4n) is 5.62. The molecule has 0 aliphatic carbocycles. The molecule has 0 radical (unpaired) electrons.